The number of carbonyl (C=O) groups excluding carboxylic acids is 1. The molecule has 0 saturated carbocycles. The van der Waals surface area contributed by atoms with Gasteiger partial charge in [-0.15, -0.1) is 0 Å². The van der Waals surface area contributed by atoms with Crippen LogP contribution in [0.3, 0.4) is 0 Å². The first-order valence-corrected chi connectivity index (χ1v) is 8.21. The van der Waals surface area contributed by atoms with Gasteiger partial charge in [0.1, 0.15) is 0 Å². The third-order valence-corrected chi connectivity index (χ3v) is 4.38. The first-order chi connectivity index (χ1) is 12.9. The van der Waals surface area contributed by atoms with Gasteiger partial charge in [0.25, 0.3) is 5.89 Å². The maximum atomic E-state index is 12.8. The van der Waals surface area contributed by atoms with Gasteiger partial charge in [0.15, 0.2) is 11.6 Å². The van der Waals surface area contributed by atoms with Gasteiger partial charge in [0.2, 0.25) is 5.91 Å². The van der Waals surface area contributed by atoms with E-state index in [9.17, 15) is 18.0 Å². The van der Waals surface area contributed by atoms with Crippen LogP contribution in [0.25, 0.3) is 11.7 Å². The zero-order chi connectivity index (χ0) is 19.0. The van der Waals surface area contributed by atoms with E-state index in [0.29, 0.717) is 23.7 Å². The Bertz CT molecular complexity index is 950. The summed E-state index contributed by atoms with van der Waals surface area (Å²) in [5, 5.41) is 3.90. The van der Waals surface area contributed by atoms with Gasteiger partial charge in [0, 0.05) is 25.4 Å². The summed E-state index contributed by atoms with van der Waals surface area (Å²) >= 11 is 0. The van der Waals surface area contributed by atoms with E-state index in [-0.39, 0.29) is 30.7 Å². The molecule has 1 aromatic carbocycles. The number of aromatic nitrogens is 2. The number of amides is 1. The fourth-order valence-corrected chi connectivity index (χ4v) is 3.07. The topological polar surface area (TPSA) is 72.4 Å². The van der Waals surface area contributed by atoms with Crippen molar-refractivity contribution in [3.8, 4) is 11.7 Å². The molecular weight excluding hydrogens is 363 g/mol. The van der Waals surface area contributed by atoms with Crippen molar-refractivity contribution >= 4 is 5.91 Å². The van der Waals surface area contributed by atoms with Crippen molar-refractivity contribution in [2.45, 2.75) is 25.1 Å². The molecule has 140 valence electrons. The quantitative estimate of drug-likeness (QED) is 0.690. The minimum Gasteiger partial charge on any atom is -0.459 e. The number of nitrogens with zero attached hydrogens (tertiary/aromatic N) is 3. The Morgan fingerprint density at radius 1 is 1.22 bits per heavy atom. The van der Waals surface area contributed by atoms with Gasteiger partial charge >= 0.3 is 6.18 Å². The molecule has 3 heterocycles. The van der Waals surface area contributed by atoms with E-state index in [1.807, 2.05) is 0 Å². The number of halogens is 3. The largest absolute Gasteiger partial charge is 0.459 e. The number of hydrogen-bond acceptors (Lipinski definition) is 5. The first kappa shape index (κ1) is 17.3. The summed E-state index contributed by atoms with van der Waals surface area (Å²) in [5.41, 5.74) is -0.312. The molecule has 3 aromatic rings. The first-order valence-electron chi connectivity index (χ1n) is 8.21. The van der Waals surface area contributed by atoms with Crippen LogP contribution in [-0.4, -0.2) is 27.5 Å². The molecule has 4 rings (SSSR count). The number of likely N-dealkylation sites (tertiary alicyclic amines) is 1. The highest BCUT2D eigenvalue weighted by Gasteiger charge is 2.35. The van der Waals surface area contributed by atoms with Gasteiger partial charge < -0.3 is 13.8 Å². The Labute approximate surface area is 151 Å². The third kappa shape index (κ3) is 3.57. The second-order valence-corrected chi connectivity index (χ2v) is 6.31. The van der Waals surface area contributed by atoms with Crippen LogP contribution in [-0.2, 0) is 17.5 Å². The van der Waals surface area contributed by atoms with Crippen molar-refractivity contribution in [2.24, 2.45) is 0 Å². The Balaban J connectivity index is 1.47. The Morgan fingerprint density at radius 3 is 2.81 bits per heavy atom. The molecule has 0 spiro atoms. The van der Waals surface area contributed by atoms with Gasteiger partial charge in [-0.05, 0) is 29.8 Å². The van der Waals surface area contributed by atoms with Crippen LogP contribution in [0.4, 0.5) is 13.2 Å². The molecule has 9 heteroatoms. The van der Waals surface area contributed by atoms with E-state index in [1.54, 1.807) is 18.2 Å². The average Bonchev–Trinajstić information content (AvgIpc) is 3.35. The van der Waals surface area contributed by atoms with E-state index in [2.05, 4.69) is 10.1 Å². The van der Waals surface area contributed by atoms with Crippen molar-refractivity contribution < 1.29 is 26.9 Å². The van der Waals surface area contributed by atoms with Crippen LogP contribution < -0.4 is 0 Å². The van der Waals surface area contributed by atoms with Crippen molar-refractivity contribution in [3.05, 3.63) is 59.6 Å². The highest BCUT2D eigenvalue weighted by Crippen LogP contribution is 2.32. The van der Waals surface area contributed by atoms with Crippen molar-refractivity contribution in [1.29, 1.82) is 0 Å². The Kier molecular flexibility index (Phi) is 4.21. The molecule has 27 heavy (non-hydrogen) atoms. The average molecular weight is 377 g/mol. The maximum absolute atomic E-state index is 12.8. The van der Waals surface area contributed by atoms with Crippen molar-refractivity contribution in [1.82, 2.24) is 15.0 Å². The van der Waals surface area contributed by atoms with E-state index in [4.69, 9.17) is 8.94 Å². The predicted molar refractivity (Wildman–Crippen MR) is 86.2 cm³/mol. The van der Waals surface area contributed by atoms with Gasteiger partial charge in [-0.1, -0.05) is 17.3 Å². The number of hydrogen-bond donors (Lipinski definition) is 0. The molecule has 6 nitrogen and oxygen atoms in total. The number of furan rings is 1. The molecule has 0 N–H and O–H groups in total. The van der Waals surface area contributed by atoms with E-state index < -0.39 is 11.7 Å². The highest BCUT2D eigenvalue weighted by atomic mass is 19.4. The minimum absolute atomic E-state index is 0.0994. The summed E-state index contributed by atoms with van der Waals surface area (Å²) in [7, 11) is 0. The smallest absolute Gasteiger partial charge is 0.416 e. The molecule has 1 saturated heterocycles. The third-order valence-electron chi connectivity index (χ3n) is 4.38. The molecule has 1 aliphatic rings. The number of carbonyl (C=O) groups is 1. The van der Waals surface area contributed by atoms with Crippen LogP contribution in [0.5, 0.6) is 0 Å². The van der Waals surface area contributed by atoms with E-state index in [1.165, 1.54) is 17.2 Å². The van der Waals surface area contributed by atoms with Crippen molar-refractivity contribution in [3.63, 3.8) is 0 Å². The fourth-order valence-electron chi connectivity index (χ4n) is 3.07. The molecule has 1 aliphatic heterocycles. The lowest BCUT2D eigenvalue weighted by atomic mass is 10.1. The summed E-state index contributed by atoms with van der Waals surface area (Å²) in [6, 6.07) is 8.34. The molecule has 1 atom stereocenters. The van der Waals surface area contributed by atoms with Crippen LogP contribution in [0.1, 0.15) is 29.3 Å². The van der Waals surface area contributed by atoms with Crippen LogP contribution in [0.2, 0.25) is 0 Å². The molecule has 2 aromatic heterocycles. The summed E-state index contributed by atoms with van der Waals surface area (Å²) in [6.07, 6.45) is -2.76. The molecule has 0 aliphatic carbocycles. The van der Waals surface area contributed by atoms with Crippen molar-refractivity contribution in [2.75, 3.05) is 6.54 Å². The van der Waals surface area contributed by atoms with Gasteiger partial charge in [0.05, 0.1) is 11.8 Å². The zero-order valence-corrected chi connectivity index (χ0v) is 13.9. The van der Waals surface area contributed by atoms with Gasteiger partial charge in [-0.25, -0.2) is 0 Å². The lowest BCUT2D eigenvalue weighted by Gasteiger charge is -2.17. The zero-order valence-electron chi connectivity index (χ0n) is 13.9. The Morgan fingerprint density at radius 2 is 2.07 bits per heavy atom. The lowest BCUT2D eigenvalue weighted by Crippen LogP contribution is -2.24. The van der Waals surface area contributed by atoms with Gasteiger partial charge in [-0.3, -0.25) is 4.79 Å². The van der Waals surface area contributed by atoms with Gasteiger partial charge in [-0.2, -0.15) is 18.2 Å². The highest BCUT2D eigenvalue weighted by molar-refractivity contribution is 5.79. The standard InChI is InChI=1S/C18H14F3N3O3/c19-18(20,21)13-4-1-3-11(7-13)9-24-10-12(8-15(24)25)16-22-17(27-23-16)14-5-2-6-26-14/h1-7,12H,8-10H2. The summed E-state index contributed by atoms with van der Waals surface area (Å²) in [6.45, 7) is 0.411. The number of rotatable bonds is 4. The van der Waals surface area contributed by atoms with E-state index >= 15 is 0 Å². The molecule has 0 radical (unpaired) electrons. The SMILES string of the molecule is O=C1CC(c2noc(-c3ccco3)n2)CN1Cc1cccc(C(F)(F)F)c1. The predicted octanol–water partition coefficient (Wildman–Crippen LogP) is 3.86. The normalized spacial score (nSPS) is 17.7. The summed E-state index contributed by atoms with van der Waals surface area (Å²) < 4.78 is 48.9. The van der Waals surface area contributed by atoms with Crippen LogP contribution in [0.15, 0.2) is 51.6 Å². The fraction of sp³-hybridized carbons (Fsp3) is 0.278. The summed E-state index contributed by atoms with van der Waals surface area (Å²) in [4.78, 5) is 18.0. The molecule has 0 bridgehead atoms. The molecule has 1 unspecified atom stereocenters. The second-order valence-electron chi connectivity index (χ2n) is 6.31. The molecule has 1 amide bonds. The number of alkyl halides is 3. The lowest BCUT2D eigenvalue weighted by molar-refractivity contribution is -0.137. The van der Waals surface area contributed by atoms with Crippen LogP contribution >= 0.6 is 0 Å². The maximum Gasteiger partial charge on any atom is 0.416 e. The van der Waals surface area contributed by atoms with Crippen LogP contribution in [0, 0.1) is 0 Å². The molecule has 1 fully saturated rings. The number of benzene rings is 1. The second kappa shape index (κ2) is 6.57. The molecular formula is C18H14F3N3O3. The Hall–Kier alpha value is -3.10. The minimum atomic E-state index is -4.42. The summed E-state index contributed by atoms with van der Waals surface area (Å²) in [5.74, 6) is 0.580. The van der Waals surface area contributed by atoms with E-state index in [0.717, 1.165) is 12.1 Å². The monoisotopic (exact) mass is 377 g/mol.